The summed E-state index contributed by atoms with van der Waals surface area (Å²) >= 11 is 5.03. The fourth-order valence-corrected chi connectivity index (χ4v) is 2.07. The van der Waals surface area contributed by atoms with E-state index in [9.17, 15) is 0 Å². The van der Waals surface area contributed by atoms with Crippen molar-refractivity contribution in [1.82, 2.24) is 0 Å². The minimum Gasteiger partial charge on any atom is -0.497 e. The Hall–Kier alpha value is -2.11. The predicted molar refractivity (Wildman–Crippen MR) is 86.2 cm³/mol. The van der Waals surface area contributed by atoms with Gasteiger partial charge in [0.2, 0.25) is 0 Å². The van der Waals surface area contributed by atoms with Crippen LogP contribution in [0.3, 0.4) is 0 Å². The van der Waals surface area contributed by atoms with Crippen LogP contribution in [0.5, 0.6) is 17.2 Å². The number of nitrogens with two attached hydrogens (primary N) is 1. The first-order valence-electron chi connectivity index (χ1n) is 6.49. The van der Waals surface area contributed by atoms with Crippen molar-refractivity contribution in [3.05, 3.63) is 53.6 Å². The Kier molecular flexibility index (Phi) is 5.14. The zero-order chi connectivity index (χ0) is 15.2. The van der Waals surface area contributed by atoms with Crippen LogP contribution in [-0.4, -0.2) is 23.8 Å². The molecule has 0 amide bonds. The normalized spacial score (nSPS) is 10.2. The molecular weight excluding hydrogens is 286 g/mol. The standard InChI is InChI=1S/C16H17NO3S/c1-19-13-6-7-14(16(17)21)15(10-13)20-12-4-2-11(3-5-12)8-9-18/h2-7,10,18H,8-9H2,1H3,(H2,17,21). The average molecular weight is 303 g/mol. The molecule has 2 aromatic rings. The second-order valence-corrected chi connectivity index (χ2v) is 4.89. The summed E-state index contributed by atoms with van der Waals surface area (Å²) in [4.78, 5) is 0.268. The fourth-order valence-electron chi connectivity index (χ4n) is 1.90. The summed E-state index contributed by atoms with van der Waals surface area (Å²) in [6.07, 6.45) is 0.623. The summed E-state index contributed by atoms with van der Waals surface area (Å²) in [5, 5.41) is 8.91. The van der Waals surface area contributed by atoms with Crippen LogP contribution in [-0.2, 0) is 6.42 Å². The van der Waals surface area contributed by atoms with Gasteiger partial charge in [0.15, 0.2) is 0 Å². The molecule has 0 spiro atoms. The zero-order valence-electron chi connectivity index (χ0n) is 11.7. The maximum Gasteiger partial charge on any atom is 0.141 e. The number of thiocarbonyl (C=S) groups is 1. The van der Waals surface area contributed by atoms with Gasteiger partial charge in [-0.05, 0) is 36.2 Å². The summed E-state index contributed by atoms with van der Waals surface area (Å²) in [6, 6.07) is 12.8. The van der Waals surface area contributed by atoms with Crippen molar-refractivity contribution in [3.8, 4) is 17.2 Å². The van der Waals surface area contributed by atoms with Gasteiger partial charge in [-0.1, -0.05) is 24.4 Å². The largest absolute Gasteiger partial charge is 0.497 e. The molecule has 110 valence electrons. The number of aliphatic hydroxyl groups excluding tert-OH is 1. The summed E-state index contributed by atoms with van der Waals surface area (Å²) in [5.74, 6) is 1.89. The topological polar surface area (TPSA) is 64.7 Å². The van der Waals surface area contributed by atoms with Gasteiger partial charge in [-0.2, -0.15) is 0 Å². The molecule has 0 aliphatic heterocycles. The van der Waals surface area contributed by atoms with E-state index in [0.717, 1.165) is 5.56 Å². The van der Waals surface area contributed by atoms with Crippen LogP contribution in [0.15, 0.2) is 42.5 Å². The number of hydrogen-bond donors (Lipinski definition) is 2. The van der Waals surface area contributed by atoms with Crippen LogP contribution >= 0.6 is 12.2 Å². The van der Waals surface area contributed by atoms with E-state index in [2.05, 4.69) is 0 Å². The molecule has 2 aromatic carbocycles. The predicted octanol–water partition coefficient (Wildman–Crippen LogP) is 2.66. The number of benzene rings is 2. The number of methoxy groups -OCH3 is 1. The number of rotatable bonds is 6. The minimum atomic E-state index is 0.127. The fraction of sp³-hybridized carbons (Fsp3) is 0.188. The monoisotopic (exact) mass is 303 g/mol. The molecule has 0 unspecified atom stereocenters. The number of ether oxygens (including phenoxy) is 2. The van der Waals surface area contributed by atoms with Crippen LogP contribution in [0.1, 0.15) is 11.1 Å². The number of hydrogen-bond acceptors (Lipinski definition) is 4. The van der Waals surface area contributed by atoms with Crippen LogP contribution in [0, 0.1) is 0 Å². The molecule has 0 atom stereocenters. The van der Waals surface area contributed by atoms with Gasteiger partial charge >= 0.3 is 0 Å². The van der Waals surface area contributed by atoms with Crippen molar-refractivity contribution in [2.75, 3.05) is 13.7 Å². The highest BCUT2D eigenvalue weighted by atomic mass is 32.1. The summed E-state index contributed by atoms with van der Waals surface area (Å²) in [7, 11) is 1.59. The van der Waals surface area contributed by atoms with Crippen molar-refractivity contribution in [3.63, 3.8) is 0 Å². The van der Waals surface area contributed by atoms with E-state index in [0.29, 0.717) is 29.2 Å². The second kappa shape index (κ2) is 7.06. The van der Waals surface area contributed by atoms with E-state index < -0.39 is 0 Å². The molecule has 21 heavy (non-hydrogen) atoms. The van der Waals surface area contributed by atoms with Gasteiger partial charge < -0.3 is 20.3 Å². The van der Waals surface area contributed by atoms with Crippen molar-refractivity contribution < 1.29 is 14.6 Å². The van der Waals surface area contributed by atoms with Gasteiger partial charge in [0.1, 0.15) is 22.2 Å². The first-order valence-corrected chi connectivity index (χ1v) is 6.90. The van der Waals surface area contributed by atoms with Crippen LogP contribution in [0.4, 0.5) is 0 Å². The lowest BCUT2D eigenvalue weighted by molar-refractivity contribution is 0.299. The summed E-state index contributed by atoms with van der Waals surface area (Å²) < 4.78 is 11.0. The maximum atomic E-state index is 8.91. The zero-order valence-corrected chi connectivity index (χ0v) is 12.5. The molecule has 0 bridgehead atoms. The van der Waals surface area contributed by atoms with Gasteiger partial charge in [0.25, 0.3) is 0 Å². The van der Waals surface area contributed by atoms with Crippen LogP contribution in [0.25, 0.3) is 0 Å². The van der Waals surface area contributed by atoms with Gasteiger partial charge in [0, 0.05) is 12.7 Å². The van der Waals surface area contributed by atoms with E-state index in [1.807, 2.05) is 24.3 Å². The van der Waals surface area contributed by atoms with Gasteiger partial charge in [0.05, 0.1) is 12.7 Å². The lowest BCUT2D eigenvalue weighted by Gasteiger charge is -2.12. The highest BCUT2D eigenvalue weighted by Gasteiger charge is 2.09. The van der Waals surface area contributed by atoms with E-state index in [4.69, 9.17) is 32.5 Å². The van der Waals surface area contributed by atoms with Crippen molar-refractivity contribution >= 4 is 17.2 Å². The highest BCUT2D eigenvalue weighted by molar-refractivity contribution is 7.80. The summed E-state index contributed by atoms with van der Waals surface area (Å²) in [6.45, 7) is 0.127. The quantitative estimate of drug-likeness (QED) is 0.803. The van der Waals surface area contributed by atoms with E-state index in [1.54, 1.807) is 25.3 Å². The smallest absolute Gasteiger partial charge is 0.141 e. The Morgan fingerprint density at radius 2 is 1.81 bits per heavy atom. The molecule has 4 nitrogen and oxygen atoms in total. The van der Waals surface area contributed by atoms with Crippen molar-refractivity contribution in [1.29, 1.82) is 0 Å². The third-order valence-electron chi connectivity index (χ3n) is 3.01. The lowest BCUT2D eigenvalue weighted by atomic mass is 10.1. The molecule has 0 saturated heterocycles. The molecule has 2 rings (SSSR count). The molecule has 0 aromatic heterocycles. The second-order valence-electron chi connectivity index (χ2n) is 4.45. The Morgan fingerprint density at radius 3 is 2.38 bits per heavy atom. The van der Waals surface area contributed by atoms with E-state index >= 15 is 0 Å². The Morgan fingerprint density at radius 1 is 1.14 bits per heavy atom. The molecule has 0 radical (unpaired) electrons. The lowest BCUT2D eigenvalue weighted by Crippen LogP contribution is -2.10. The number of aliphatic hydroxyl groups is 1. The molecule has 0 fully saturated rings. The third-order valence-corrected chi connectivity index (χ3v) is 3.23. The molecule has 0 aliphatic rings. The van der Waals surface area contributed by atoms with Crippen molar-refractivity contribution in [2.24, 2.45) is 5.73 Å². The van der Waals surface area contributed by atoms with Gasteiger partial charge in [-0.3, -0.25) is 0 Å². The molecular formula is C16H17NO3S. The Balaban J connectivity index is 2.26. The first-order chi connectivity index (χ1) is 10.1. The maximum absolute atomic E-state index is 8.91. The van der Waals surface area contributed by atoms with Crippen LogP contribution in [0.2, 0.25) is 0 Å². The third kappa shape index (κ3) is 3.93. The Labute approximate surface area is 129 Å². The molecule has 5 heteroatoms. The molecule has 0 heterocycles. The molecule has 0 aliphatic carbocycles. The minimum absolute atomic E-state index is 0.127. The summed E-state index contributed by atoms with van der Waals surface area (Å²) in [5.41, 5.74) is 7.41. The van der Waals surface area contributed by atoms with E-state index in [1.165, 1.54) is 0 Å². The van der Waals surface area contributed by atoms with E-state index in [-0.39, 0.29) is 11.6 Å². The van der Waals surface area contributed by atoms with Crippen molar-refractivity contribution in [2.45, 2.75) is 6.42 Å². The van der Waals surface area contributed by atoms with Crippen LogP contribution < -0.4 is 15.2 Å². The SMILES string of the molecule is COc1ccc(C(N)=S)c(Oc2ccc(CCO)cc2)c1. The van der Waals surface area contributed by atoms with Gasteiger partial charge in [-0.25, -0.2) is 0 Å². The van der Waals surface area contributed by atoms with Gasteiger partial charge in [-0.15, -0.1) is 0 Å². The highest BCUT2D eigenvalue weighted by Crippen LogP contribution is 2.29. The Bertz CT molecular complexity index is 626. The average Bonchev–Trinajstić information content (AvgIpc) is 2.49. The first kappa shape index (κ1) is 15.3. The molecule has 3 N–H and O–H groups in total. The molecule has 0 saturated carbocycles.